The fourth-order valence-electron chi connectivity index (χ4n) is 1.30. The van der Waals surface area contributed by atoms with Crippen molar-refractivity contribution in [2.75, 3.05) is 6.54 Å². The molecule has 1 saturated heterocycles. The van der Waals surface area contributed by atoms with Gasteiger partial charge in [-0.15, -0.1) is 0 Å². The van der Waals surface area contributed by atoms with E-state index in [1.807, 2.05) is 0 Å². The first kappa shape index (κ1) is 10.9. The molecule has 2 amide bonds. The van der Waals surface area contributed by atoms with E-state index < -0.39 is 24.1 Å². The molecule has 0 spiro atoms. The molecule has 0 aliphatic carbocycles. The molecule has 3 atom stereocenters. The maximum Gasteiger partial charge on any atom is 0.239 e. The number of carbonyl (C=O) groups is 2. The van der Waals surface area contributed by atoms with E-state index in [1.54, 1.807) is 0 Å². The zero-order chi connectivity index (χ0) is 10.7. The average Bonchev–Trinajstić information content (AvgIpc) is 2.51. The Balaban J connectivity index is 2.39. The molecule has 1 fully saturated rings. The van der Waals surface area contributed by atoms with Crippen LogP contribution in [0.3, 0.4) is 0 Å². The fraction of sp³-hybridized carbons (Fsp3) is 0.750. The van der Waals surface area contributed by atoms with E-state index in [2.05, 4.69) is 10.6 Å². The highest BCUT2D eigenvalue weighted by Crippen LogP contribution is 2.06. The Bertz CT molecular complexity index is 244. The molecule has 3 unspecified atom stereocenters. The summed E-state index contributed by atoms with van der Waals surface area (Å²) >= 11 is 0. The predicted octanol–water partition coefficient (Wildman–Crippen LogP) is -2.30. The van der Waals surface area contributed by atoms with Gasteiger partial charge in [0.2, 0.25) is 11.8 Å². The van der Waals surface area contributed by atoms with Crippen LogP contribution in [0.1, 0.15) is 13.3 Å². The first-order chi connectivity index (χ1) is 6.50. The van der Waals surface area contributed by atoms with E-state index in [0.29, 0.717) is 13.0 Å². The molecule has 1 aliphatic rings. The molecule has 0 aromatic rings. The number of nitrogens with one attached hydrogen (secondary N) is 2. The van der Waals surface area contributed by atoms with Gasteiger partial charge in [-0.05, 0) is 13.3 Å². The van der Waals surface area contributed by atoms with Gasteiger partial charge in [0.25, 0.3) is 0 Å². The molecule has 0 aromatic heterocycles. The number of primary amides is 1. The highest BCUT2D eigenvalue weighted by Gasteiger charge is 2.29. The number of aliphatic hydroxyl groups excluding tert-OH is 1. The standard InChI is InChI=1S/C8H15N3O3/c1-4(7(9)13)11-8(14)6-2-5(12)3-10-6/h4-6,10,12H,2-3H2,1H3,(H2,9,13)(H,11,14). The van der Waals surface area contributed by atoms with Crippen LogP contribution in [0.2, 0.25) is 0 Å². The second-order valence-corrected chi connectivity index (χ2v) is 3.48. The summed E-state index contributed by atoms with van der Waals surface area (Å²) in [4.78, 5) is 22.1. The van der Waals surface area contributed by atoms with Gasteiger partial charge in [-0.25, -0.2) is 0 Å². The summed E-state index contributed by atoms with van der Waals surface area (Å²) < 4.78 is 0. The van der Waals surface area contributed by atoms with Gasteiger partial charge in [-0.1, -0.05) is 0 Å². The number of nitrogens with two attached hydrogens (primary N) is 1. The predicted molar refractivity (Wildman–Crippen MR) is 49.2 cm³/mol. The molecule has 1 aliphatic heterocycles. The Hall–Kier alpha value is -1.14. The van der Waals surface area contributed by atoms with E-state index in [9.17, 15) is 9.59 Å². The van der Waals surface area contributed by atoms with Crippen LogP contribution in [0.25, 0.3) is 0 Å². The zero-order valence-corrected chi connectivity index (χ0v) is 7.99. The first-order valence-corrected chi connectivity index (χ1v) is 4.52. The smallest absolute Gasteiger partial charge is 0.239 e. The van der Waals surface area contributed by atoms with Crippen LogP contribution in [-0.4, -0.2) is 41.7 Å². The molecule has 0 aromatic carbocycles. The monoisotopic (exact) mass is 201 g/mol. The summed E-state index contributed by atoms with van der Waals surface area (Å²) in [6.07, 6.45) is -0.119. The minimum atomic E-state index is -0.679. The zero-order valence-electron chi connectivity index (χ0n) is 7.99. The lowest BCUT2D eigenvalue weighted by Crippen LogP contribution is -2.48. The Kier molecular flexibility index (Phi) is 3.43. The van der Waals surface area contributed by atoms with Crippen molar-refractivity contribution in [3.63, 3.8) is 0 Å². The van der Waals surface area contributed by atoms with Gasteiger partial charge in [0.05, 0.1) is 12.1 Å². The van der Waals surface area contributed by atoms with E-state index in [1.165, 1.54) is 6.92 Å². The summed E-state index contributed by atoms with van der Waals surface area (Å²) in [5.41, 5.74) is 4.99. The fourth-order valence-corrected chi connectivity index (χ4v) is 1.30. The quantitative estimate of drug-likeness (QED) is 0.412. The Morgan fingerprint density at radius 2 is 2.29 bits per heavy atom. The maximum atomic E-state index is 11.4. The lowest BCUT2D eigenvalue weighted by Gasteiger charge is -2.14. The second kappa shape index (κ2) is 4.39. The molecule has 80 valence electrons. The van der Waals surface area contributed by atoms with Gasteiger partial charge in [-0.3, -0.25) is 9.59 Å². The summed E-state index contributed by atoms with van der Waals surface area (Å²) in [5.74, 6) is -0.871. The van der Waals surface area contributed by atoms with Crippen LogP contribution in [0.5, 0.6) is 0 Å². The van der Waals surface area contributed by atoms with Crippen molar-refractivity contribution in [2.45, 2.75) is 31.5 Å². The van der Waals surface area contributed by atoms with Crippen molar-refractivity contribution in [1.29, 1.82) is 0 Å². The van der Waals surface area contributed by atoms with Crippen molar-refractivity contribution >= 4 is 11.8 Å². The average molecular weight is 201 g/mol. The molecule has 6 nitrogen and oxygen atoms in total. The van der Waals surface area contributed by atoms with Crippen LogP contribution >= 0.6 is 0 Å². The van der Waals surface area contributed by atoms with E-state index in [0.717, 1.165) is 0 Å². The first-order valence-electron chi connectivity index (χ1n) is 4.52. The molecular weight excluding hydrogens is 186 g/mol. The molecule has 0 saturated carbocycles. The Morgan fingerprint density at radius 1 is 1.64 bits per heavy atom. The third kappa shape index (κ3) is 2.68. The van der Waals surface area contributed by atoms with Gasteiger partial charge in [-0.2, -0.15) is 0 Å². The van der Waals surface area contributed by atoms with Gasteiger partial charge in [0.1, 0.15) is 6.04 Å². The highest BCUT2D eigenvalue weighted by molar-refractivity contribution is 5.88. The maximum absolute atomic E-state index is 11.4. The molecule has 1 rings (SSSR count). The topological polar surface area (TPSA) is 104 Å². The number of amides is 2. The molecule has 0 bridgehead atoms. The largest absolute Gasteiger partial charge is 0.392 e. The minimum Gasteiger partial charge on any atom is -0.392 e. The summed E-state index contributed by atoms with van der Waals surface area (Å²) in [6.45, 7) is 1.93. The van der Waals surface area contributed by atoms with Crippen LogP contribution in [0.4, 0.5) is 0 Å². The van der Waals surface area contributed by atoms with E-state index in [-0.39, 0.29) is 5.91 Å². The summed E-state index contributed by atoms with van der Waals surface area (Å²) in [6, 6.07) is -1.10. The minimum absolute atomic E-state index is 0.298. The van der Waals surface area contributed by atoms with Gasteiger partial charge in [0, 0.05) is 6.54 Å². The van der Waals surface area contributed by atoms with E-state index >= 15 is 0 Å². The summed E-state index contributed by atoms with van der Waals surface area (Å²) in [7, 11) is 0. The molecular formula is C8H15N3O3. The Morgan fingerprint density at radius 3 is 2.71 bits per heavy atom. The third-order valence-electron chi connectivity index (χ3n) is 2.21. The van der Waals surface area contributed by atoms with Gasteiger partial charge in [0.15, 0.2) is 0 Å². The lowest BCUT2D eigenvalue weighted by atomic mass is 10.2. The van der Waals surface area contributed by atoms with Gasteiger partial charge >= 0.3 is 0 Å². The molecule has 1 heterocycles. The molecule has 6 heteroatoms. The van der Waals surface area contributed by atoms with Crippen molar-refractivity contribution in [1.82, 2.24) is 10.6 Å². The van der Waals surface area contributed by atoms with Crippen molar-refractivity contribution in [2.24, 2.45) is 5.73 Å². The number of rotatable bonds is 3. The molecule has 0 radical (unpaired) electrons. The summed E-state index contributed by atoms with van der Waals surface area (Å²) in [5, 5.41) is 14.4. The molecule has 14 heavy (non-hydrogen) atoms. The molecule has 5 N–H and O–H groups in total. The number of β-amino-alcohol motifs (C(OH)–C–C–N with tert-alkyl or cyclic N) is 1. The number of carbonyl (C=O) groups excluding carboxylic acids is 2. The highest BCUT2D eigenvalue weighted by atomic mass is 16.3. The normalized spacial score (nSPS) is 28.4. The Labute approximate surface area is 81.8 Å². The van der Waals surface area contributed by atoms with Crippen molar-refractivity contribution in [3.05, 3.63) is 0 Å². The van der Waals surface area contributed by atoms with Crippen LogP contribution in [0, 0.1) is 0 Å². The lowest BCUT2D eigenvalue weighted by molar-refractivity contribution is -0.128. The third-order valence-corrected chi connectivity index (χ3v) is 2.21. The van der Waals surface area contributed by atoms with Crippen LogP contribution in [-0.2, 0) is 9.59 Å². The SMILES string of the molecule is CC(NC(=O)C1CC(O)CN1)C(N)=O. The number of hydrogen-bond donors (Lipinski definition) is 4. The van der Waals surface area contributed by atoms with E-state index in [4.69, 9.17) is 10.8 Å². The van der Waals surface area contributed by atoms with Crippen LogP contribution < -0.4 is 16.4 Å². The second-order valence-electron chi connectivity index (χ2n) is 3.48. The van der Waals surface area contributed by atoms with Gasteiger partial charge < -0.3 is 21.5 Å². The van der Waals surface area contributed by atoms with Crippen molar-refractivity contribution < 1.29 is 14.7 Å². The van der Waals surface area contributed by atoms with Crippen LogP contribution in [0.15, 0.2) is 0 Å². The number of hydrogen-bond acceptors (Lipinski definition) is 4. The number of aliphatic hydroxyl groups is 1. The van der Waals surface area contributed by atoms with Crippen molar-refractivity contribution in [3.8, 4) is 0 Å².